The largest absolute Gasteiger partial charge is 0.294 e. The molecule has 2 rings (SSSR count). The van der Waals surface area contributed by atoms with Crippen LogP contribution in [0.15, 0.2) is 18.2 Å². The van der Waals surface area contributed by atoms with Crippen LogP contribution in [0.1, 0.15) is 41.3 Å². The zero-order valence-corrected chi connectivity index (χ0v) is 7.97. The van der Waals surface area contributed by atoms with Gasteiger partial charge in [-0.25, -0.2) is 0 Å². The molecule has 0 saturated heterocycles. The number of rotatable bonds is 2. The van der Waals surface area contributed by atoms with Gasteiger partial charge in [-0.3, -0.25) is 4.79 Å². The lowest BCUT2D eigenvalue weighted by Crippen LogP contribution is -1.94. The minimum atomic E-state index is 0.327. The van der Waals surface area contributed by atoms with Gasteiger partial charge in [0.2, 0.25) is 0 Å². The number of carbonyl (C=O) groups is 1. The van der Waals surface area contributed by atoms with Crippen LogP contribution in [-0.4, -0.2) is 5.78 Å². The van der Waals surface area contributed by atoms with E-state index in [4.69, 9.17) is 0 Å². The SMILES string of the molecule is CCCc1cccc2c1CCC2=O. The van der Waals surface area contributed by atoms with E-state index >= 15 is 0 Å². The Hall–Kier alpha value is -1.11. The number of fused-ring (bicyclic) bond motifs is 1. The van der Waals surface area contributed by atoms with E-state index in [0.29, 0.717) is 5.78 Å². The minimum absolute atomic E-state index is 0.327. The summed E-state index contributed by atoms with van der Waals surface area (Å²) in [6.07, 6.45) is 3.95. The lowest BCUT2D eigenvalue weighted by Gasteiger charge is -2.05. The Morgan fingerprint density at radius 3 is 2.92 bits per heavy atom. The molecule has 0 atom stereocenters. The fourth-order valence-electron chi connectivity index (χ4n) is 2.07. The third-order valence-electron chi connectivity index (χ3n) is 2.69. The molecule has 1 aromatic carbocycles. The van der Waals surface area contributed by atoms with Gasteiger partial charge in [0.15, 0.2) is 5.78 Å². The van der Waals surface area contributed by atoms with Crippen molar-refractivity contribution in [3.05, 3.63) is 34.9 Å². The lowest BCUT2D eigenvalue weighted by molar-refractivity contribution is 0.0994. The van der Waals surface area contributed by atoms with Crippen LogP contribution >= 0.6 is 0 Å². The molecular formula is C12H14O. The fourth-order valence-corrected chi connectivity index (χ4v) is 2.07. The van der Waals surface area contributed by atoms with Gasteiger partial charge in [-0.1, -0.05) is 31.5 Å². The van der Waals surface area contributed by atoms with Gasteiger partial charge in [0.05, 0.1) is 0 Å². The molecule has 0 aromatic heterocycles. The summed E-state index contributed by atoms with van der Waals surface area (Å²) in [7, 11) is 0. The van der Waals surface area contributed by atoms with Crippen LogP contribution in [0.5, 0.6) is 0 Å². The standard InChI is InChI=1S/C12H14O/c1-2-4-9-5-3-6-11-10(9)7-8-12(11)13/h3,5-6H,2,4,7-8H2,1H3. The second kappa shape index (κ2) is 3.33. The molecule has 0 spiro atoms. The van der Waals surface area contributed by atoms with Gasteiger partial charge in [0.1, 0.15) is 0 Å². The van der Waals surface area contributed by atoms with E-state index in [0.717, 1.165) is 31.2 Å². The Morgan fingerprint density at radius 2 is 2.15 bits per heavy atom. The summed E-state index contributed by atoms with van der Waals surface area (Å²) in [4.78, 5) is 11.4. The number of hydrogen-bond donors (Lipinski definition) is 0. The first-order valence-electron chi connectivity index (χ1n) is 4.97. The molecule has 1 nitrogen and oxygen atoms in total. The van der Waals surface area contributed by atoms with Crippen molar-refractivity contribution in [3.8, 4) is 0 Å². The van der Waals surface area contributed by atoms with Gasteiger partial charge in [0, 0.05) is 12.0 Å². The molecule has 1 heteroatoms. The molecule has 0 N–H and O–H groups in total. The number of Topliss-reactive ketones (excluding diaryl/α,β-unsaturated/α-hetero) is 1. The van der Waals surface area contributed by atoms with Crippen molar-refractivity contribution in [2.75, 3.05) is 0 Å². The molecule has 13 heavy (non-hydrogen) atoms. The number of hydrogen-bond acceptors (Lipinski definition) is 1. The molecular weight excluding hydrogens is 160 g/mol. The molecule has 68 valence electrons. The molecule has 0 fully saturated rings. The predicted molar refractivity (Wildman–Crippen MR) is 53.1 cm³/mol. The highest BCUT2D eigenvalue weighted by atomic mass is 16.1. The quantitative estimate of drug-likeness (QED) is 0.673. The predicted octanol–water partition coefficient (Wildman–Crippen LogP) is 2.77. The summed E-state index contributed by atoms with van der Waals surface area (Å²) in [5.74, 6) is 0.327. The van der Waals surface area contributed by atoms with E-state index in [2.05, 4.69) is 13.0 Å². The van der Waals surface area contributed by atoms with Crippen LogP contribution < -0.4 is 0 Å². The lowest BCUT2D eigenvalue weighted by atomic mass is 10.00. The van der Waals surface area contributed by atoms with Crippen LogP contribution in [0.3, 0.4) is 0 Å². The van der Waals surface area contributed by atoms with Crippen LogP contribution in [0.4, 0.5) is 0 Å². The van der Waals surface area contributed by atoms with Crippen LogP contribution in [0, 0.1) is 0 Å². The second-order valence-electron chi connectivity index (χ2n) is 3.62. The normalized spacial score (nSPS) is 14.7. The summed E-state index contributed by atoms with van der Waals surface area (Å²) < 4.78 is 0. The summed E-state index contributed by atoms with van der Waals surface area (Å²) in [5.41, 5.74) is 3.67. The van der Waals surface area contributed by atoms with E-state index in [-0.39, 0.29) is 0 Å². The van der Waals surface area contributed by atoms with Crippen molar-refractivity contribution in [1.29, 1.82) is 0 Å². The Kier molecular flexibility index (Phi) is 2.17. The minimum Gasteiger partial charge on any atom is -0.294 e. The van der Waals surface area contributed by atoms with Gasteiger partial charge in [0.25, 0.3) is 0 Å². The molecule has 0 unspecified atom stereocenters. The smallest absolute Gasteiger partial charge is 0.163 e. The zero-order chi connectivity index (χ0) is 9.26. The summed E-state index contributed by atoms with van der Waals surface area (Å²) in [6, 6.07) is 6.12. The first-order chi connectivity index (χ1) is 6.33. The Balaban J connectivity index is 2.44. The highest BCUT2D eigenvalue weighted by molar-refractivity contribution is 6.00. The zero-order valence-electron chi connectivity index (χ0n) is 7.97. The topological polar surface area (TPSA) is 17.1 Å². The molecule has 0 bridgehead atoms. The van der Waals surface area contributed by atoms with Crippen molar-refractivity contribution in [2.45, 2.75) is 32.6 Å². The Labute approximate surface area is 78.8 Å². The maximum Gasteiger partial charge on any atom is 0.163 e. The maximum absolute atomic E-state index is 11.4. The monoisotopic (exact) mass is 174 g/mol. The number of benzene rings is 1. The van der Waals surface area contributed by atoms with Crippen molar-refractivity contribution in [3.63, 3.8) is 0 Å². The van der Waals surface area contributed by atoms with E-state index in [1.165, 1.54) is 11.1 Å². The summed E-state index contributed by atoms with van der Waals surface area (Å²) in [6.45, 7) is 2.18. The molecule has 0 radical (unpaired) electrons. The highest BCUT2D eigenvalue weighted by Gasteiger charge is 2.20. The number of carbonyl (C=O) groups excluding carboxylic acids is 1. The maximum atomic E-state index is 11.4. The summed E-state index contributed by atoms with van der Waals surface area (Å²) >= 11 is 0. The van der Waals surface area contributed by atoms with Gasteiger partial charge >= 0.3 is 0 Å². The Morgan fingerprint density at radius 1 is 1.31 bits per heavy atom. The second-order valence-corrected chi connectivity index (χ2v) is 3.62. The third kappa shape index (κ3) is 1.39. The van der Waals surface area contributed by atoms with Crippen LogP contribution in [-0.2, 0) is 12.8 Å². The third-order valence-corrected chi connectivity index (χ3v) is 2.69. The van der Waals surface area contributed by atoms with E-state index in [1.807, 2.05) is 12.1 Å². The average Bonchev–Trinajstić information content (AvgIpc) is 2.50. The van der Waals surface area contributed by atoms with Gasteiger partial charge in [-0.05, 0) is 24.0 Å². The van der Waals surface area contributed by atoms with Crippen molar-refractivity contribution in [2.24, 2.45) is 0 Å². The van der Waals surface area contributed by atoms with Crippen LogP contribution in [0.2, 0.25) is 0 Å². The Bertz CT molecular complexity index is 339. The van der Waals surface area contributed by atoms with Crippen LogP contribution in [0.25, 0.3) is 0 Å². The van der Waals surface area contributed by atoms with E-state index in [9.17, 15) is 4.79 Å². The van der Waals surface area contributed by atoms with Gasteiger partial charge in [-0.2, -0.15) is 0 Å². The molecule has 0 amide bonds. The van der Waals surface area contributed by atoms with E-state index < -0.39 is 0 Å². The number of aryl methyl sites for hydroxylation is 1. The molecule has 1 aromatic rings. The average molecular weight is 174 g/mol. The molecule has 0 aliphatic heterocycles. The van der Waals surface area contributed by atoms with Gasteiger partial charge in [-0.15, -0.1) is 0 Å². The first-order valence-corrected chi connectivity index (χ1v) is 4.97. The fraction of sp³-hybridized carbons (Fsp3) is 0.417. The van der Waals surface area contributed by atoms with Gasteiger partial charge < -0.3 is 0 Å². The highest BCUT2D eigenvalue weighted by Crippen LogP contribution is 2.25. The first kappa shape index (κ1) is 8.49. The van der Waals surface area contributed by atoms with Crippen molar-refractivity contribution in [1.82, 2.24) is 0 Å². The molecule has 1 aliphatic rings. The molecule has 1 aliphatic carbocycles. The van der Waals surface area contributed by atoms with E-state index in [1.54, 1.807) is 0 Å². The van der Waals surface area contributed by atoms with Crippen molar-refractivity contribution >= 4 is 5.78 Å². The van der Waals surface area contributed by atoms with Crippen molar-refractivity contribution < 1.29 is 4.79 Å². The molecule has 0 heterocycles. The summed E-state index contributed by atoms with van der Waals surface area (Å²) in [5, 5.41) is 0. The molecule has 0 saturated carbocycles. The number of ketones is 1.